The van der Waals surface area contributed by atoms with Crippen LogP contribution in [-0.2, 0) is 16.1 Å². The molecule has 0 spiro atoms. The van der Waals surface area contributed by atoms with Gasteiger partial charge in [0.05, 0.1) is 13.2 Å². The highest BCUT2D eigenvalue weighted by atomic mass is 16.5. The molecule has 0 aliphatic heterocycles. The van der Waals surface area contributed by atoms with Gasteiger partial charge in [0.15, 0.2) is 0 Å². The van der Waals surface area contributed by atoms with Crippen molar-refractivity contribution in [1.29, 1.82) is 0 Å². The van der Waals surface area contributed by atoms with Crippen LogP contribution in [-0.4, -0.2) is 12.9 Å². The summed E-state index contributed by atoms with van der Waals surface area (Å²) in [7, 11) is 0. The van der Waals surface area contributed by atoms with Crippen LogP contribution in [0.2, 0.25) is 0 Å². The van der Waals surface area contributed by atoms with E-state index in [9.17, 15) is 4.79 Å². The van der Waals surface area contributed by atoms with Gasteiger partial charge < -0.3 is 9.53 Å². The van der Waals surface area contributed by atoms with Crippen LogP contribution in [0.25, 0.3) is 0 Å². The molecule has 0 bridgehead atoms. The molecule has 1 aliphatic rings. The molecule has 0 aromatic heterocycles. The van der Waals surface area contributed by atoms with E-state index in [1.165, 1.54) is 5.56 Å². The van der Waals surface area contributed by atoms with Gasteiger partial charge in [0.25, 0.3) is 0 Å². The van der Waals surface area contributed by atoms with Crippen molar-refractivity contribution < 1.29 is 9.53 Å². The fourth-order valence-corrected chi connectivity index (χ4v) is 1.76. The zero-order chi connectivity index (χ0) is 10.7. The molecule has 1 aromatic carbocycles. The topological polar surface area (TPSA) is 26.3 Å². The first kappa shape index (κ1) is 10.4. The standard InChI is InChI=1S/C13H16O2/c1-13(10-14)7-12(13)9-15-8-11-5-3-2-4-6-11/h2-6,10,12H,7-9H2,1H3/t12-,13+/m1/s1. The van der Waals surface area contributed by atoms with Gasteiger partial charge in [-0.15, -0.1) is 0 Å². The summed E-state index contributed by atoms with van der Waals surface area (Å²) in [6, 6.07) is 10.1. The molecule has 1 saturated carbocycles. The number of aldehydes is 1. The number of carbonyl (C=O) groups is 1. The first-order valence-corrected chi connectivity index (χ1v) is 5.32. The summed E-state index contributed by atoms with van der Waals surface area (Å²) < 4.78 is 5.58. The zero-order valence-corrected chi connectivity index (χ0v) is 8.98. The van der Waals surface area contributed by atoms with Crippen molar-refractivity contribution in [2.45, 2.75) is 20.0 Å². The van der Waals surface area contributed by atoms with Gasteiger partial charge in [0.1, 0.15) is 6.29 Å². The van der Waals surface area contributed by atoms with Crippen molar-refractivity contribution in [3.05, 3.63) is 35.9 Å². The summed E-state index contributed by atoms with van der Waals surface area (Å²) in [5.41, 5.74) is 1.09. The Kier molecular flexibility index (Phi) is 2.87. The molecule has 0 N–H and O–H groups in total. The third kappa shape index (κ3) is 2.45. The average Bonchev–Trinajstić information content (AvgIpc) is 2.92. The van der Waals surface area contributed by atoms with Crippen LogP contribution in [0.3, 0.4) is 0 Å². The van der Waals surface area contributed by atoms with E-state index >= 15 is 0 Å². The largest absolute Gasteiger partial charge is 0.376 e. The van der Waals surface area contributed by atoms with Crippen LogP contribution >= 0.6 is 0 Å². The van der Waals surface area contributed by atoms with Crippen LogP contribution in [0.4, 0.5) is 0 Å². The maximum absolute atomic E-state index is 10.7. The summed E-state index contributed by atoms with van der Waals surface area (Å²) in [5.74, 6) is 0.429. The van der Waals surface area contributed by atoms with E-state index in [0.717, 1.165) is 12.7 Å². The minimum Gasteiger partial charge on any atom is -0.376 e. The number of hydrogen-bond acceptors (Lipinski definition) is 2. The average molecular weight is 204 g/mol. The minimum absolute atomic E-state index is 0.101. The normalized spacial score (nSPS) is 28.7. The molecular formula is C13H16O2. The lowest BCUT2D eigenvalue weighted by atomic mass is 10.1. The van der Waals surface area contributed by atoms with Crippen LogP contribution in [0, 0.1) is 11.3 Å². The highest BCUT2D eigenvalue weighted by Crippen LogP contribution is 2.50. The van der Waals surface area contributed by atoms with Crippen LogP contribution < -0.4 is 0 Å². The van der Waals surface area contributed by atoms with E-state index in [-0.39, 0.29) is 5.41 Å². The fourth-order valence-electron chi connectivity index (χ4n) is 1.76. The summed E-state index contributed by atoms with van der Waals surface area (Å²) in [6.07, 6.45) is 2.04. The summed E-state index contributed by atoms with van der Waals surface area (Å²) in [5, 5.41) is 0. The Bertz CT molecular complexity index is 334. The molecule has 2 heteroatoms. The Labute approximate surface area is 90.3 Å². The predicted octanol–water partition coefficient (Wildman–Crippen LogP) is 2.43. The van der Waals surface area contributed by atoms with Gasteiger partial charge in [-0.1, -0.05) is 37.3 Å². The third-order valence-electron chi connectivity index (χ3n) is 3.16. The Morgan fingerprint density at radius 1 is 1.47 bits per heavy atom. The van der Waals surface area contributed by atoms with Crippen molar-refractivity contribution in [3.8, 4) is 0 Å². The lowest BCUT2D eigenvalue weighted by Gasteiger charge is -2.04. The number of ether oxygens (including phenoxy) is 1. The molecule has 0 heterocycles. The lowest BCUT2D eigenvalue weighted by molar-refractivity contribution is -0.112. The van der Waals surface area contributed by atoms with Gasteiger partial charge in [-0.3, -0.25) is 0 Å². The van der Waals surface area contributed by atoms with Gasteiger partial charge in [0.2, 0.25) is 0 Å². The van der Waals surface area contributed by atoms with Crippen molar-refractivity contribution in [2.75, 3.05) is 6.61 Å². The second-order valence-electron chi connectivity index (χ2n) is 4.53. The molecule has 0 unspecified atom stereocenters. The molecule has 1 aromatic rings. The molecule has 0 saturated heterocycles. The molecule has 1 aliphatic carbocycles. The molecule has 15 heavy (non-hydrogen) atoms. The van der Waals surface area contributed by atoms with Gasteiger partial charge in [0, 0.05) is 5.41 Å². The second-order valence-corrected chi connectivity index (χ2v) is 4.53. The van der Waals surface area contributed by atoms with Gasteiger partial charge in [-0.2, -0.15) is 0 Å². The quantitative estimate of drug-likeness (QED) is 0.688. The van der Waals surface area contributed by atoms with E-state index in [2.05, 4.69) is 0 Å². The summed E-state index contributed by atoms with van der Waals surface area (Å²) >= 11 is 0. The highest BCUT2D eigenvalue weighted by molar-refractivity contribution is 5.63. The molecule has 2 nitrogen and oxygen atoms in total. The molecule has 1 fully saturated rings. The number of benzene rings is 1. The van der Waals surface area contributed by atoms with Crippen molar-refractivity contribution in [2.24, 2.45) is 11.3 Å². The lowest BCUT2D eigenvalue weighted by Crippen LogP contribution is -2.05. The van der Waals surface area contributed by atoms with Crippen LogP contribution in [0.1, 0.15) is 18.9 Å². The maximum Gasteiger partial charge on any atom is 0.126 e. The number of rotatable bonds is 5. The zero-order valence-electron chi connectivity index (χ0n) is 8.98. The monoisotopic (exact) mass is 204 g/mol. The molecule has 0 amide bonds. The number of hydrogen-bond donors (Lipinski definition) is 0. The Morgan fingerprint density at radius 2 is 2.20 bits per heavy atom. The van der Waals surface area contributed by atoms with E-state index in [4.69, 9.17) is 4.74 Å². The summed E-state index contributed by atoms with van der Waals surface area (Å²) in [6.45, 7) is 3.34. The number of carbonyl (C=O) groups excluding carboxylic acids is 1. The molecule has 0 radical (unpaired) electrons. The van der Waals surface area contributed by atoms with Gasteiger partial charge >= 0.3 is 0 Å². The molecule has 2 atom stereocenters. The van der Waals surface area contributed by atoms with Crippen molar-refractivity contribution in [1.82, 2.24) is 0 Å². The fraction of sp³-hybridized carbons (Fsp3) is 0.462. The Balaban J connectivity index is 1.71. The van der Waals surface area contributed by atoms with E-state index in [1.807, 2.05) is 37.3 Å². The van der Waals surface area contributed by atoms with E-state index < -0.39 is 0 Å². The van der Waals surface area contributed by atoms with Crippen LogP contribution in [0.5, 0.6) is 0 Å². The highest BCUT2D eigenvalue weighted by Gasteiger charge is 2.49. The maximum atomic E-state index is 10.7. The Morgan fingerprint density at radius 3 is 2.80 bits per heavy atom. The van der Waals surface area contributed by atoms with Gasteiger partial charge in [-0.25, -0.2) is 0 Å². The first-order chi connectivity index (χ1) is 7.24. The van der Waals surface area contributed by atoms with Crippen molar-refractivity contribution >= 4 is 6.29 Å². The van der Waals surface area contributed by atoms with Crippen molar-refractivity contribution in [3.63, 3.8) is 0 Å². The first-order valence-electron chi connectivity index (χ1n) is 5.32. The van der Waals surface area contributed by atoms with E-state index in [1.54, 1.807) is 0 Å². The minimum atomic E-state index is -0.101. The molecular weight excluding hydrogens is 188 g/mol. The molecule has 80 valence electrons. The SMILES string of the molecule is C[C@@]1(C=O)C[C@@H]1COCc1ccccc1. The molecule has 2 rings (SSSR count). The Hall–Kier alpha value is -1.15. The predicted molar refractivity (Wildman–Crippen MR) is 58.4 cm³/mol. The second kappa shape index (κ2) is 4.15. The smallest absolute Gasteiger partial charge is 0.126 e. The third-order valence-corrected chi connectivity index (χ3v) is 3.16. The van der Waals surface area contributed by atoms with Crippen LogP contribution in [0.15, 0.2) is 30.3 Å². The van der Waals surface area contributed by atoms with Gasteiger partial charge in [-0.05, 0) is 17.9 Å². The summed E-state index contributed by atoms with van der Waals surface area (Å²) in [4.78, 5) is 10.7. The van der Waals surface area contributed by atoms with E-state index in [0.29, 0.717) is 19.1 Å².